The molecule has 1 aromatic heterocycles. The Morgan fingerprint density at radius 2 is 1.84 bits per heavy atom. The summed E-state index contributed by atoms with van der Waals surface area (Å²) in [5.74, 6) is -2.66. The summed E-state index contributed by atoms with van der Waals surface area (Å²) in [6.45, 7) is 3.57. The van der Waals surface area contributed by atoms with E-state index in [1.54, 1.807) is 18.9 Å². The van der Waals surface area contributed by atoms with Crippen molar-refractivity contribution in [3.8, 4) is 22.8 Å². The summed E-state index contributed by atoms with van der Waals surface area (Å²) >= 11 is 0. The van der Waals surface area contributed by atoms with Gasteiger partial charge in [0.05, 0.1) is 30.9 Å². The SMILES string of the molecule is COc1cc2c(cc1OS(=O)(=O)C(F)(F)F)CN(C(C)C)n1cc(C(=O)[O-])c(=O)cc1-2. The Kier molecular flexibility index (Phi) is 5.42. The van der Waals surface area contributed by atoms with Crippen LogP contribution in [0.1, 0.15) is 29.8 Å². The molecule has 1 aliphatic heterocycles. The van der Waals surface area contributed by atoms with Crippen molar-refractivity contribution in [2.45, 2.75) is 31.9 Å². The molecule has 0 unspecified atom stereocenters. The summed E-state index contributed by atoms with van der Waals surface area (Å²) < 4.78 is 71.8. The molecule has 9 nitrogen and oxygen atoms in total. The van der Waals surface area contributed by atoms with Crippen molar-refractivity contribution in [2.75, 3.05) is 12.1 Å². The number of rotatable bonds is 5. The molecule has 2 aromatic rings. The zero-order chi connectivity index (χ0) is 23.3. The van der Waals surface area contributed by atoms with Crippen LogP contribution in [0.3, 0.4) is 0 Å². The Morgan fingerprint density at radius 1 is 1.19 bits per heavy atom. The van der Waals surface area contributed by atoms with E-state index in [0.717, 1.165) is 25.4 Å². The van der Waals surface area contributed by atoms with Gasteiger partial charge in [0.1, 0.15) is 0 Å². The second-order valence-corrected chi connectivity index (χ2v) is 8.44. The van der Waals surface area contributed by atoms with Crippen molar-refractivity contribution in [1.82, 2.24) is 4.68 Å². The number of carbonyl (C=O) groups excluding carboxylic acids is 1. The average Bonchev–Trinajstić information content (AvgIpc) is 2.64. The number of carbonyl (C=O) groups is 1. The van der Waals surface area contributed by atoms with E-state index in [2.05, 4.69) is 4.18 Å². The number of fused-ring (bicyclic) bond motifs is 3. The molecule has 0 atom stereocenters. The Bertz CT molecular complexity index is 1220. The summed E-state index contributed by atoms with van der Waals surface area (Å²) in [6.07, 6.45) is 1.10. The van der Waals surface area contributed by atoms with Gasteiger partial charge in [-0.1, -0.05) is 0 Å². The maximum Gasteiger partial charge on any atom is 0.534 e. The average molecular weight is 461 g/mol. The van der Waals surface area contributed by atoms with Gasteiger partial charge >= 0.3 is 15.6 Å². The molecule has 0 saturated heterocycles. The van der Waals surface area contributed by atoms with E-state index in [0.29, 0.717) is 11.1 Å². The Hall–Kier alpha value is -3.22. The van der Waals surface area contributed by atoms with Crippen molar-refractivity contribution >= 4 is 16.1 Å². The fraction of sp³-hybridized carbons (Fsp3) is 0.333. The van der Waals surface area contributed by atoms with Gasteiger partial charge in [-0.2, -0.15) is 21.6 Å². The molecule has 0 bridgehead atoms. The highest BCUT2D eigenvalue weighted by molar-refractivity contribution is 7.88. The molecule has 0 spiro atoms. The van der Waals surface area contributed by atoms with Crippen molar-refractivity contribution in [1.29, 1.82) is 0 Å². The summed E-state index contributed by atoms with van der Waals surface area (Å²) in [5.41, 5.74) is -6.15. The van der Waals surface area contributed by atoms with E-state index in [-0.39, 0.29) is 24.0 Å². The molecule has 3 rings (SSSR count). The van der Waals surface area contributed by atoms with Gasteiger partial charge in [0.2, 0.25) is 0 Å². The van der Waals surface area contributed by atoms with Crippen LogP contribution < -0.4 is 24.5 Å². The molecule has 31 heavy (non-hydrogen) atoms. The normalized spacial score (nSPS) is 13.6. The minimum Gasteiger partial charge on any atom is -0.545 e. The summed E-state index contributed by atoms with van der Waals surface area (Å²) in [6, 6.07) is 3.10. The van der Waals surface area contributed by atoms with Crippen LogP contribution in [0.4, 0.5) is 13.2 Å². The molecule has 0 aliphatic carbocycles. The molecule has 168 valence electrons. The molecule has 0 radical (unpaired) electrons. The van der Waals surface area contributed by atoms with Gasteiger partial charge in [0.25, 0.3) is 0 Å². The first-order valence-electron chi connectivity index (χ1n) is 8.74. The molecular formula is C18H16F3N2O7S-. The highest BCUT2D eigenvalue weighted by atomic mass is 32.2. The third-order valence-electron chi connectivity index (χ3n) is 4.60. The van der Waals surface area contributed by atoms with Crippen molar-refractivity contribution in [3.63, 3.8) is 0 Å². The number of halogens is 3. The second kappa shape index (κ2) is 7.48. The van der Waals surface area contributed by atoms with Gasteiger partial charge in [-0.25, -0.2) is 0 Å². The van der Waals surface area contributed by atoms with E-state index in [4.69, 9.17) is 4.74 Å². The van der Waals surface area contributed by atoms with Gasteiger partial charge < -0.3 is 23.8 Å². The molecule has 1 aromatic carbocycles. The fourth-order valence-corrected chi connectivity index (χ4v) is 3.60. The molecule has 1 aliphatic rings. The summed E-state index contributed by atoms with van der Waals surface area (Å²) in [5, 5.41) is 12.9. The number of hydrogen-bond acceptors (Lipinski definition) is 8. The zero-order valence-corrected chi connectivity index (χ0v) is 17.2. The smallest absolute Gasteiger partial charge is 0.534 e. The van der Waals surface area contributed by atoms with Crippen molar-refractivity contribution < 1.29 is 40.4 Å². The number of benzene rings is 1. The molecule has 0 fully saturated rings. The van der Waals surface area contributed by atoms with Crippen molar-refractivity contribution in [2.24, 2.45) is 0 Å². The van der Waals surface area contributed by atoms with Crippen LogP contribution in [0.2, 0.25) is 0 Å². The van der Waals surface area contributed by atoms with Crippen LogP contribution in [-0.2, 0) is 16.7 Å². The van der Waals surface area contributed by atoms with Crippen LogP contribution >= 0.6 is 0 Å². The third-order valence-corrected chi connectivity index (χ3v) is 5.57. The standard InChI is InChI=1S/C18H17F3N2O7S/c1-9(2)22-7-10-4-16(30-31(27,28)18(19,20)21)15(29-3)5-11(10)13-6-14(24)12(17(25)26)8-23(13)22/h4-6,8-9H,7H2,1-3H3,(H,25,26)/p-1. The van der Waals surface area contributed by atoms with Crippen LogP contribution in [0.25, 0.3) is 11.3 Å². The highest BCUT2D eigenvalue weighted by Crippen LogP contribution is 2.40. The monoisotopic (exact) mass is 461 g/mol. The number of hydrogen-bond donors (Lipinski definition) is 0. The maximum absolute atomic E-state index is 12.8. The Balaban J connectivity index is 2.24. The Morgan fingerprint density at radius 3 is 2.35 bits per heavy atom. The number of carboxylic acid groups (broad SMARTS) is 1. The number of alkyl halides is 3. The van der Waals surface area contributed by atoms with Crippen LogP contribution in [0, 0.1) is 0 Å². The van der Waals surface area contributed by atoms with E-state index >= 15 is 0 Å². The predicted molar refractivity (Wildman–Crippen MR) is 99.7 cm³/mol. The molecule has 0 saturated carbocycles. The first-order chi connectivity index (χ1) is 14.3. The van der Waals surface area contributed by atoms with Gasteiger partial charge in [-0.3, -0.25) is 9.47 Å². The first-order valence-corrected chi connectivity index (χ1v) is 10.1. The molecule has 2 heterocycles. The third kappa shape index (κ3) is 3.92. The van der Waals surface area contributed by atoms with Gasteiger partial charge in [-0.15, -0.1) is 0 Å². The Labute approximate surface area is 174 Å². The fourth-order valence-electron chi connectivity index (χ4n) is 3.13. The number of methoxy groups -OCH3 is 1. The van der Waals surface area contributed by atoms with E-state index < -0.39 is 38.3 Å². The highest BCUT2D eigenvalue weighted by Gasteiger charge is 2.49. The van der Waals surface area contributed by atoms with Crippen molar-refractivity contribution in [3.05, 3.63) is 45.7 Å². The number of carboxylic acids is 1. The number of pyridine rings is 1. The maximum atomic E-state index is 12.8. The number of aromatic nitrogens is 1. The van der Waals surface area contributed by atoms with Gasteiger partial charge in [0, 0.05) is 23.9 Å². The minimum absolute atomic E-state index is 0.0434. The number of ether oxygens (including phenoxy) is 1. The molecule has 13 heteroatoms. The molecule has 0 amide bonds. The number of nitrogens with zero attached hydrogens (tertiary/aromatic N) is 2. The zero-order valence-electron chi connectivity index (χ0n) is 16.4. The second-order valence-electron chi connectivity index (χ2n) is 6.90. The van der Waals surface area contributed by atoms with Crippen LogP contribution in [0.15, 0.2) is 29.2 Å². The predicted octanol–water partition coefficient (Wildman–Crippen LogP) is 0.976. The van der Waals surface area contributed by atoms with Crippen LogP contribution in [0.5, 0.6) is 11.5 Å². The number of aromatic carboxylic acids is 1. The van der Waals surface area contributed by atoms with Gasteiger partial charge in [-0.05, 0) is 31.5 Å². The first kappa shape index (κ1) is 22.5. The minimum atomic E-state index is -5.94. The topological polar surface area (TPSA) is 118 Å². The van der Waals surface area contributed by atoms with E-state index in [1.807, 2.05) is 0 Å². The largest absolute Gasteiger partial charge is 0.545 e. The van der Waals surface area contributed by atoms with Gasteiger partial charge in [0.15, 0.2) is 16.9 Å². The summed E-state index contributed by atoms with van der Waals surface area (Å²) in [4.78, 5) is 23.5. The van der Waals surface area contributed by atoms with Crippen LogP contribution in [-0.4, -0.2) is 37.7 Å². The lowest BCUT2D eigenvalue weighted by molar-refractivity contribution is -0.255. The van der Waals surface area contributed by atoms with E-state index in [9.17, 15) is 36.3 Å². The lowest BCUT2D eigenvalue weighted by Gasteiger charge is -2.38. The quantitative estimate of drug-likeness (QED) is 0.478. The summed E-state index contributed by atoms with van der Waals surface area (Å²) in [7, 11) is -4.84. The molecular weight excluding hydrogens is 445 g/mol. The lowest BCUT2D eigenvalue weighted by atomic mass is 9.99. The molecule has 0 N–H and O–H groups in total. The lowest BCUT2D eigenvalue weighted by Crippen LogP contribution is -2.44. The van der Waals surface area contributed by atoms with E-state index in [1.165, 1.54) is 10.7 Å².